The summed E-state index contributed by atoms with van der Waals surface area (Å²) in [6, 6.07) is 1.73. The largest absolute Gasteiger partial charge is 0.453 e. The molecule has 0 aliphatic carbocycles. The van der Waals surface area contributed by atoms with E-state index in [-0.39, 0.29) is 18.9 Å². The molecule has 12 nitrogen and oxygen atoms in total. The first kappa shape index (κ1) is 25.8. The first-order chi connectivity index (χ1) is 17.3. The third-order valence-electron chi connectivity index (χ3n) is 6.11. The maximum absolute atomic E-state index is 12.7. The highest BCUT2D eigenvalue weighted by atomic mass is 35.5. The molecule has 36 heavy (non-hydrogen) atoms. The van der Waals surface area contributed by atoms with Crippen LogP contribution < -0.4 is 15.5 Å². The lowest BCUT2D eigenvalue weighted by molar-refractivity contribution is -0.136. The van der Waals surface area contributed by atoms with Crippen molar-refractivity contribution >= 4 is 58.2 Å². The fraction of sp³-hybridized carbons (Fsp3) is 0.455. The molecule has 4 amide bonds. The van der Waals surface area contributed by atoms with E-state index in [1.165, 1.54) is 46.6 Å². The Balaban J connectivity index is 1.53. The third kappa shape index (κ3) is 5.74. The second-order valence-corrected chi connectivity index (χ2v) is 10.0. The highest BCUT2D eigenvalue weighted by Crippen LogP contribution is 2.32. The highest BCUT2D eigenvalue weighted by Gasteiger charge is 2.39. The number of nitrogens with one attached hydrogen (secondary N) is 2. The molecular weight excluding hydrogens is 510 g/mol. The Kier molecular flexibility index (Phi) is 8.01. The third-order valence-corrected chi connectivity index (χ3v) is 7.43. The lowest BCUT2D eigenvalue weighted by atomic mass is 9.98. The molecule has 192 valence electrons. The van der Waals surface area contributed by atoms with Gasteiger partial charge in [0.15, 0.2) is 5.13 Å². The van der Waals surface area contributed by atoms with E-state index in [4.69, 9.17) is 16.3 Å². The number of anilines is 2. The standard InChI is InChI=1S/C22H26ClN7O5S/c1-28-7-5-15-17(11-28)36-21(26-15)30(12-31)16-10-29(22(34)35-2)8-6-14(16)25-19(32)20(33)27-18-4-3-13(23)9-24-18/h3-4,9,12,14,16H,5-8,10-11H2,1-2H3,(H,25,32)(H,24,27,33)/t14-,16+/m0/s1. The minimum atomic E-state index is -0.913. The molecule has 0 spiro atoms. The van der Waals surface area contributed by atoms with E-state index < -0.39 is 30.0 Å². The van der Waals surface area contributed by atoms with Crippen molar-refractivity contribution in [3.05, 3.63) is 33.9 Å². The summed E-state index contributed by atoms with van der Waals surface area (Å²) in [7, 11) is 3.30. The van der Waals surface area contributed by atoms with Crippen molar-refractivity contribution in [3.8, 4) is 0 Å². The van der Waals surface area contributed by atoms with E-state index in [1.807, 2.05) is 7.05 Å². The Bertz CT molecular complexity index is 1140. The first-order valence-electron chi connectivity index (χ1n) is 11.3. The summed E-state index contributed by atoms with van der Waals surface area (Å²) in [5.74, 6) is -1.63. The van der Waals surface area contributed by atoms with Crippen LogP contribution in [0.2, 0.25) is 5.02 Å². The number of methoxy groups -OCH3 is 1. The minimum Gasteiger partial charge on any atom is -0.453 e. The van der Waals surface area contributed by atoms with Gasteiger partial charge < -0.3 is 25.2 Å². The van der Waals surface area contributed by atoms with E-state index >= 15 is 0 Å². The SMILES string of the molecule is COC(=O)N1CC[C@H](NC(=O)C(=O)Nc2ccc(Cl)cn2)[C@H](N(C=O)c2nc3c(s2)CN(C)CC3)C1. The highest BCUT2D eigenvalue weighted by molar-refractivity contribution is 7.15. The zero-order valence-corrected chi connectivity index (χ0v) is 21.3. The smallest absolute Gasteiger partial charge is 0.409 e. The fourth-order valence-electron chi connectivity index (χ4n) is 4.22. The molecular formula is C22H26ClN7O5S. The van der Waals surface area contributed by atoms with Crippen molar-refractivity contribution in [1.29, 1.82) is 0 Å². The molecule has 2 N–H and O–H groups in total. The lowest BCUT2D eigenvalue weighted by Gasteiger charge is -2.41. The Morgan fingerprint density at radius 2 is 2.08 bits per heavy atom. The van der Waals surface area contributed by atoms with E-state index in [0.717, 1.165) is 30.1 Å². The number of hydrogen-bond acceptors (Lipinski definition) is 9. The number of aromatic nitrogens is 2. The second-order valence-electron chi connectivity index (χ2n) is 8.53. The molecule has 4 rings (SSSR count). The van der Waals surface area contributed by atoms with Gasteiger partial charge >= 0.3 is 17.9 Å². The molecule has 2 aliphatic rings. The van der Waals surface area contributed by atoms with Gasteiger partial charge in [-0.2, -0.15) is 0 Å². The first-order valence-corrected chi connectivity index (χ1v) is 12.5. The van der Waals surface area contributed by atoms with Gasteiger partial charge in [0, 0.05) is 43.7 Å². The van der Waals surface area contributed by atoms with E-state index in [2.05, 4.69) is 25.5 Å². The summed E-state index contributed by atoms with van der Waals surface area (Å²) in [6.07, 6.45) is 2.53. The second kappa shape index (κ2) is 11.2. The molecule has 2 aromatic heterocycles. The predicted molar refractivity (Wildman–Crippen MR) is 133 cm³/mol. The van der Waals surface area contributed by atoms with Crippen LogP contribution in [0.15, 0.2) is 18.3 Å². The number of thiazole rings is 1. The quantitative estimate of drug-likeness (QED) is 0.429. The van der Waals surface area contributed by atoms with E-state index in [1.54, 1.807) is 0 Å². The molecule has 0 saturated carbocycles. The number of nitrogens with zero attached hydrogens (tertiary/aromatic N) is 5. The maximum atomic E-state index is 12.7. The van der Waals surface area contributed by atoms with Crippen LogP contribution in [0.5, 0.6) is 0 Å². The van der Waals surface area contributed by atoms with Gasteiger partial charge in [0.05, 0.1) is 29.9 Å². The number of piperidine rings is 1. The van der Waals surface area contributed by atoms with Gasteiger partial charge in [-0.05, 0) is 25.6 Å². The summed E-state index contributed by atoms with van der Waals surface area (Å²) >= 11 is 7.21. The molecule has 4 heterocycles. The van der Waals surface area contributed by atoms with E-state index in [0.29, 0.717) is 23.0 Å². The zero-order valence-electron chi connectivity index (χ0n) is 19.8. The van der Waals surface area contributed by atoms with Crippen LogP contribution in [0.25, 0.3) is 0 Å². The predicted octanol–water partition coefficient (Wildman–Crippen LogP) is 1.11. The van der Waals surface area contributed by atoms with Gasteiger partial charge in [0.25, 0.3) is 0 Å². The topological polar surface area (TPSA) is 137 Å². The van der Waals surface area contributed by atoms with Crippen molar-refractivity contribution in [1.82, 2.24) is 25.1 Å². The van der Waals surface area contributed by atoms with E-state index in [9.17, 15) is 19.2 Å². The number of pyridine rings is 1. The van der Waals surface area contributed by atoms with Crippen molar-refractivity contribution in [2.24, 2.45) is 0 Å². The Morgan fingerprint density at radius 1 is 1.28 bits per heavy atom. The van der Waals surface area contributed by atoms with Crippen molar-refractivity contribution in [2.45, 2.75) is 31.5 Å². The summed E-state index contributed by atoms with van der Waals surface area (Å²) in [4.78, 5) is 64.5. The molecule has 0 aromatic carbocycles. The van der Waals surface area contributed by atoms with Gasteiger partial charge in [-0.15, -0.1) is 0 Å². The molecule has 2 aliphatic heterocycles. The zero-order chi connectivity index (χ0) is 25.8. The normalized spacial score (nSPS) is 19.7. The van der Waals surface area contributed by atoms with Crippen LogP contribution >= 0.6 is 22.9 Å². The van der Waals surface area contributed by atoms with Crippen LogP contribution in [-0.2, 0) is 32.1 Å². The molecule has 1 saturated heterocycles. The molecule has 0 radical (unpaired) electrons. The maximum Gasteiger partial charge on any atom is 0.409 e. The number of rotatable bonds is 5. The molecule has 14 heteroatoms. The van der Waals surface area contributed by atoms with Crippen LogP contribution in [0.3, 0.4) is 0 Å². The molecule has 2 aromatic rings. The summed E-state index contributed by atoms with van der Waals surface area (Å²) in [6.45, 7) is 1.98. The monoisotopic (exact) mass is 535 g/mol. The molecule has 1 fully saturated rings. The van der Waals surface area contributed by atoms with Crippen molar-refractivity contribution in [3.63, 3.8) is 0 Å². The van der Waals surface area contributed by atoms with Gasteiger partial charge in [-0.1, -0.05) is 22.9 Å². The fourth-order valence-corrected chi connectivity index (χ4v) is 5.54. The lowest BCUT2D eigenvalue weighted by Crippen LogP contribution is -2.62. The van der Waals surface area contributed by atoms with Gasteiger partial charge in [-0.25, -0.2) is 14.8 Å². The number of hydrogen-bond donors (Lipinski definition) is 2. The Morgan fingerprint density at radius 3 is 2.78 bits per heavy atom. The average Bonchev–Trinajstić information content (AvgIpc) is 3.28. The number of likely N-dealkylation sites (tertiary alicyclic amines) is 1. The summed E-state index contributed by atoms with van der Waals surface area (Å²) in [5.41, 5.74) is 0.941. The number of fused-ring (bicyclic) bond motifs is 1. The minimum absolute atomic E-state index is 0.0981. The average molecular weight is 536 g/mol. The van der Waals surface area contributed by atoms with Crippen LogP contribution in [0, 0.1) is 0 Å². The van der Waals surface area contributed by atoms with Crippen LogP contribution in [-0.4, -0.2) is 90.0 Å². The van der Waals surface area contributed by atoms with Crippen LogP contribution in [0.4, 0.5) is 15.7 Å². The number of likely N-dealkylation sites (N-methyl/N-ethyl adjacent to an activating group) is 1. The van der Waals surface area contributed by atoms with Crippen molar-refractivity contribution in [2.75, 3.05) is 44.0 Å². The van der Waals surface area contributed by atoms with Crippen LogP contribution in [0.1, 0.15) is 17.0 Å². The molecule has 0 unspecified atom stereocenters. The van der Waals surface area contributed by atoms with Gasteiger partial charge in [0.1, 0.15) is 5.82 Å². The number of carbonyl (C=O) groups excluding carboxylic acids is 4. The number of halogens is 1. The molecule has 0 bridgehead atoms. The summed E-state index contributed by atoms with van der Waals surface area (Å²) < 4.78 is 4.86. The molecule has 2 atom stereocenters. The number of carbonyl (C=O) groups is 4. The van der Waals surface area contributed by atoms with Gasteiger partial charge in [-0.3, -0.25) is 19.3 Å². The summed E-state index contributed by atoms with van der Waals surface area (Å²) in [5, 5.41) is 6.01. The number of amides is 4. The Labute approximate surface area is 216 Å². The van der Waals surface area contributed by atoms with Crippen molar-refractivity contribution < 1.29 is 23.9 Å². The number of ether oxygens (including phenoxy) is 1. The Hall–Kier alpha value is -3.29. The van der Waals surface area contributed by atoms with Gasteiger partial charge in [0.2, 0.25) is 6.41 Å².